The molecule has 0 amide bonds. The standard InChI is InChI=1S/C12H22O3S/c1-9(2)7-12(13)10-5-4-6-11(8-10)16(3,14)15/h9-11H,4-8H2,1-3H3. The van der Waals surface area contributed by atoms with E-state index in [1.165, 1.54) is 6.26 Å². The van der Waals surface area contributed by atoms with Gasteiger partial charge in [-0.25, -0.2) is 8.42 Å². The molecule has 0 radical (unpaired) electrons. The van der Waals surface area contributed by atoms with Crippen molar-refractivity contribution < 1.29 is 13.2 Å². The van der Waals surface area contributed by atoms with Gasteiger partial charge in [-0.1, -0.05) is 20.3 Å². The Hall–Kier alpha value is -0.380. The number of sulfone groups is 1. The summed E-state index contributed by atoms with van der Waals surface area (Å²) in [5.74, 6) is 0.602. The number of hydrogen-bond acceptors (Lipinski definition) is 3. The Morgan fingerprint density at radius 2 is 1.94 bits per heavy atom. The van der Waals surface area contributed by atoms with E-state index in [9.17, 15) is 13.2 Å². The summed E-state index contributed by atoms with van der Waals surface area (Å²) >= 11 is 0. The van der Waals surface area contributed by atoms with Crippen molar-refractivity contribution in [3.8, 4) is 0 Å². The minimum atomic E-state index is -2.97. The Morgan fingerprint density at radius 3 is 2.44 bits per heavy atom. The highest BCUT2D eigenvalue weighted by atomic mass is 32.2. The summed E-state index contributed by atoms with van der Waals surface area (Å²) in [6.07, 6.45) is 4.88. The summed E-state index contributed by atoms with van der Waals surface area (Å²) in [5, 5.41) is -0.289. The fraction of sp³-hybridized carbons (Fsp3) is 0.917. The molecule has 0 saturated heterocycles. The summed E-state index contributed by atoms with van der Waals surface area (Å²) in [7, 11) is -2.97. The molecule has 0 aliphatic heterocycles. The predicted octanol–water partition coefficient (Wildman–Crippen LogP) is 2.21. The average molecular weight is 246 g/mol. The lowest BCUT2D eigenvalue weighted by Crippen LogP contribution is -2.31. The van der Waals surface area contributed by atoms with Crippen LogP contribution < -0.4 is 0 Å². The first-order chi connectivity index (χ1) is 7.30. The van der Waals surface area contributed by atoms with Gasteiger partial charge in [0.1, 0.15) is 15.6 Å². The molecule has 0 aromatic heterocycles. The van der Waals surface area contributed by atoms with Crippen LogP contribution in [-0.4, -0.2) is 25.7 Å². The molecule has 3 nitrogen and oxygen atoms in total. The van der Waals surface area contributed by atoms with E-state index in [4.69, 9.17) is 0 Å². The Labute approximate surface area is 98.5 Å². The molecule has 4 heteroatoms. The summed E-state index contributed by atoms with van der Waals surface area (Å²) in [5.41, 5.74) is 0. The summed E-state index contributed by atoms with van der Waals surface area (Å²) in [6, 6.07) is 0. The van der Waals surface area contributed by atoms with Crippen LogP contribution in [0.2, 0.25) is 0 Å². The lowest BCUT2D eigenvalue weighted by molar-refractivity contribution is -0.124. The average Bonchev–Trinajstić information content (AvgIpc) is 2.15. The number of ketones is 1. The zero-order valence-corrected chi connectivity index (χ0v) is 11.2. The molecule has 1 fully saturated rings. The molecule has 0 aromatic rings. The van der Waals surface area contributed by atoms with E-state index in [1.54, 1.807) is 0 Å². The van der Waals surface area contributed by atoms with Gasteiger partial charge < -0.3 is 0 Å². The van der Waals surface area contributed by atoms with Crippen LogP contribution in [-0.2, 0) is 14.6 Å². The van der Waals surface area contributed by atoms with Crippen LogP contribution >= 0.6 is 0 Å². The minimum absolute atomic E-state index is 0.0177. The molecule has 0 spiro atoms. The van der Waals surface area contributed by atoms with Crippen LogP contribution in [0.3, 0.4) is 0 Å². The van der Waals surface area contributed by atoms with Gasteiger partial charge in [0.05, 0.1) is 5.25 Å². The monoisotopic (exact) mass is 246 g/mol. The molecule has 2 atom stereocenters. The number of carbonyl (C=O) groups excluding carboxylic acids is 1. The normalized spacial score (nSPS) is 27.0. The molecule has 94 valence electrons. The predicted molar refractivity (Wildman–Crippen MR) is 65.1 cm³/mol. The number of hydrogen-bond donors (Lipinski definition) is 0. The summed E-state index contributed by atoms with van der Waals surface area (Å²) in [4.78, 5) is 11.9. The molecule has 0 bridgehead atoms. The molecule has 1 aliphatic rings. The highest BCUT2D eigenvalue weighted by Crippen LogP contribution is 2.30. The molecule has 1 rings (SSSR count). The van der Waals surface area contributed by atoms with Gasteiger partial charge in [0.25, 0.3) is 0 Å². The second-order valence-electron chi connectivity index (χ2n) is 5.38. The van der Waals surface area contributed by atoms with Gasteiger partial charge in [-0.2, -0.15) is 0 Å². The van der Waals surface area contributed by atoms with Crippen LogP contribution in [0.25, 0.3) is 0 Å². The molecule has 2 unspecified atom stereocenters. The van der Waals surface area contributed by atoms with Gasteiger partial charge in [0.15, 0.2) is 0 Å². The first-order valence-electron chi connectivity index (χ1n) is 6.02. The topological polar surface area (TPSA) is 51.2 Å². The SMILES string of the molecule is CC(C)CC(=O)C1CCCC(S(C)(=O)=O)C1. The molecule has 1 saturated carbocycles. The molecule has 1 aliphatic carbocycles. The summed E-state index contributed by atoms with van der Waals surface area (Å²) < 4.78 is 22.9. The van der Waals surface area contributed by atoms with Gasteiger partial charge in [0, 0.05) is 18.6 Å². The van der Waals surface area contributed by atoms with Crippen molar-refractivity contribution in [3.63, 3.8) is 0 Å². The van der Waals surface area contributed by atoms with Crippen LogP contribution in [0.15, 0.2) is 0 Å². The van der Waals surface area contributed by atoms with Crippen LogP contribution in [0, 0.1) is 11.8 Å². The van der Waals surface area contributed by atoms with E-state index < -0.39 is 9.84 Å². The van der Waals surface area contributed by atoms with Crippen LogP contribution in [0.4, 0.5) is 0 Å². The molecular formula is C12H22O3S. The van der Waals surface area contributed by atoms with Crippen molar-refractivity contribution in [2.45, 2.75) is 51.2 Å². The number of Topliss-reactive ketones (excluding diaryl/α,β-unsaturated/α-hetero) is 1. The highest BCUT2D eigenvalue weighted by molar-refractivity contribution is 7.91. The Bertz CT molecular complexity index is 343. The van der Waals surface area contributed by atoms with Gasteiger partial charge in [-0.3, -0.25) is 4.79 Å². The van der Waals surface area contributed by atoms with Crippen molar-refractivity contribution in [1.29, 1.82) is 0 Å². The van der Waals surface area contributed by atoms with Gasteiger partial charge in [0.2, 0.25) is 0 Å². The quantitative estimate of drug-likeness (QED) is 0.764. The smallest absolute Gasteiger partial charge is 0.150 e. The van der Waals surface area contributed by atoms with Crippen molar-refractivity contribution in [1.82, 2.24) is 0 Å². The lowest BCUT2D eigenvalue weighted by Gasteiger charge is -2.27. The van der Waals surface area contributed by atoms with E-state index in [0.29, 0.717) is 18.8 Å². The maximum absolute atomic E-state index is 11.9. The van der Waals surface area contributed by atoms with E-state index in [-0.39, 0.29) is 17.0 Å². The Kier molecular flexibility index (Phi) is 4.53. The first-order valence-corrected chi connectivity index (χ1v) is 7.97. The molecule has 16 heavy (non-hydrogen) atoms. The molecule has 0 aromatic carbocycles. The van der Waals surface area contributed by atoms with E-state index in [0.717, 1.165) is 19.3 Å². The molecular weight excluding hydrogens is 224 g/mol. The van der Waals surface area contributed by atoms with Gasteiger partial charge in [-0.15, -0.1) is 0 Å². The molecule has 0 heterocycles. The molecule has 0 N–H and O–H groups in total. The van der Waals surface area contributed by atoms with Crippen molar-refractivity contribution in [3.05, 3.63) is 0 Å². The lowest BCUT2D eigenvalue weighted by atomic mass is 9.83. The fourth-order valence-electron chi connectivity index (χ4n) is 2.40. The highest BCUT2D eigenvalue weighted by Gasteiger charge is 2.32. The van der Waals surface area contributed by atoms with Crippen molar-refractivity contribution in [2.75, 3.05) is 6.26 Å². The zero-order valence-electron chi connectivity index (χ0n) is 10.4. The maximum Gasteiger partial charge on any atom is 0.150 e. The first kappa shape index (κ1) is 13.7. The second-order valence-corrected chi connectivity index (χ2v) is 7.71. The van der Waals surface area contributed by atoms with Crippen LogP contribution in [0.5, 0.6) is 0 Å². The van der Waals surface area contributed by atoms with Crippen LogP contribution in [0.1, 0.15) is 46.0 Å². The zero-order chi connectivity index (χ0) is 12.3. The van der Waals surface area contributed by atoms with E-state index in [1.807, 2.05) is 13.8 Å². The third kappa shape index (κ3) is 3.89. The van der Waals surface area contributed by atoms with Gasteiger partial charge >= 0.3 is 0 Å². The minimum Gasteiger partial charge on any atom is -0.299 e. The van der Waals surface area contributed by atoms with Gasteiger partial charge in [-0.05, 0) is 25.2 Å². The maximum atomic E-state index is 11.9. The van der Waals surface area contributed by atoms with E-state index >= 15 is 0 Å². The fourth-order valence-corrected chi connectivity index (χ4v) is 3.57. The Morgan fingerprint density at radius 1 is 1.31 bits per heavy atom. The van der Waals surface area contributed by atoms with E-state index in [2.05, 4.69) is 0 Å². The van der Waals surface area contributed by atoms with Crippen molar-refractivity contribution in [2.24, 2.45) is 11.8 Å². The second kappa shape index (κ2) is 5.30. The third-order valence-electron chi connectivity index (χ3n) is 3.30. The van der Waals surface area contributed by atoms with Crippen molar-refractivity contribution >= 4 is 15.6 Å². The third-order valence-corrected chi connectivity index (χ3v) is 4.94. The number of rotatable bonds is 4. The largest absolute Gasteiger partial charge is 0.299 e. The Balaban J connectivity index is 2.60. The summed E-state index contributed by atoms with van der Waals surface area (Å²) in [6.45, 7) is 4.05. The number of carbonyl (C=O) groups is 1.